The molecule has 0 amide bonds. The van der Waals surface area contributed by atoms with Crippen LogP contribution in [0.15, 0.2) is 0 Å². The molecule has 1 saturated heterocycles. The minimum Gasteiger partial charge on any atom is -0.312 e. The van der Waals surface area contributed by atoms with Crippen LogP contribution < -0.4 is 5.32 Å². The lowest BCUT2D eigenvalue weighted by Crippen LogP contribution is -2.35. The molecular weight excluding hydrogens is 172 g/mol. The fourth-order valence-corrected chi connectivity index (χ4v) is 2.45. The molecule has 1 aliphatic rings. The molecule has 0 bridgehead atoms. The van der Waals surface area contributed by atoms with Crippen molar-refractivity contribution < 1.29 is 0 Å². The van der Waals surface area contributed by atoms with Gasteiger partial charge in [-0.05, 0) is 39.3 Å². The van der Waals surface area contributed by atoms with Gasteiger partial charge in [-0.2, -0.15) is 0 Å². The largest absolute Gasteiger partial charge is 0.312 e. The highest BCUT2D eigenvalue weighted by Crippen LogP contribution is 2.18. The van der Waals surface area contributed by atoms with Crippen molar-refractivity contribution in [3.05, 3.63) is 0 Å². The quantitative estimate of drug-likeness (QED) is 0.748. The molecule has 0 aromatic heterocycles. The molecule has 0 radical (unpaired) electrons. The van der Waals surface area contributed by atoms with Crippen molar-refractivity contribution in [2.45, 2.75) is 64.6 Å². The van der Waals surface area contributed by atoms with Crippen molar-refractivity contribution in [2.24, 2.45) is 0 Å². The van der Waals surface area contributed by atoms with Gasteiger partial charge in [0.1, 0.15) is 0 Å². The molecule has 84 valence electrons. The normalized spacial score (nSPS) is 30.6. The van der Waals surface area contributed by atoms with E-state index in [4.69, 9.17) is 0 Å². The summed E-state index contributed by atoms with van der Waals surface area (Å²) in [6, 6.07) is 2.19. The van der Waals surface area contributed by atoms with Crippen LogP contribution in [0.2, 0.25) is 0 Å². The van der Waals surface area contributed by atoms with Crippen LogP contribution in [0.5, 0.6) is 0 Å². The first-order valence-corrected chi connectivity index (χ1v) is 6.09. The summed E-state index contributed by atoms with van der Waals surface area (Å²) < 4.78 is 0. The van der Waals surface area contributed by atoms with E-state index < -0.39 is 0 Å². The maximum atomic E-state index is 3.66. The predicted octanol–water partition coefficient (Wildman–Crippen LogP) is 2.25. The molecule has 2 unspecified atom stereocenters. The Morgan fingerprint density at radius 1 is 1.29 bits per heavy atom. The van der Waals surface area contributed by atoms with Gasteiger partial charge >= 0.3 is 0 Å². The van der Waals surface area contributed by atoms with Gasteiger partial charge in [-0.25, -0.2) is 0 Å². The molecule has 0 aliphatic carbocycles. The van der Waals surface area contributed by atoms with Crippen molar-refractivity contribution in [1.82, 2.24) is 10.2 Å². The van der Waals surface area contributed by atoms with Gasteiger partial charge in [0.25, 0.3) is 0 Å². The summed E-state index contributed by atoms with van der Waals surface area (Å²) in [4.78, 5) is 2.53. The third-order valence-corrected chi connectivity index (χ3v) is 3.34. The van der Waals surface area contributed by atoms with Crippen LogP contribution in [0.1, 0.15) is 46.5 Å². The summed E-state index contributed by atoms with van der Waals surface area (Å²) >= 11 is 0. The fourth-order valence-electron chi connectivity index (χ4n) is 2.45. The van der Waals surface area contributed by atoms with Crippen LogP contribution >= 0.6 is 0 Å². The van der Waals surface area contributed by atoms with Gasteiger partial charge < -0.3 is 10.2 Å². The van der Waals surface area contributed by atoms with Crippen LogP contribution in [0.3, 0.4) is 0 Å². The second-order valence-electron chi connectivity index (χ2n) is 4.93. The Morgan fingerprint density at radius 2 is 2.00 bits per heavy atom. The summed E-state index contributed by atoms with van der Waals surface area (Å²) in [7, 11) is 2.27. The van der Waals surface area contributed by atoms with Crippen LogP contribution in [0.25, 0.3) is 0 Å². The highest BCUT2D eigenvalue weighted by molar-refractivity contribution is 4.80. The zero-order valence-corrected chi connectivity index (χ0v) is 10.2. The van der Waals surface area contributed by atoms with Gasteiger partial charge in [-0.15, -0.1) is 0 Å². The van der Waals surface area contributed by atoms with Crippen molar-refractivity contribution in [2.75, 3.05) is 13.6 Å². The second kappa shape index (κ2) is 5.72. The molecule has 1 N–H and O–H groups in total. The number of rotatable bonds is 3. The Labute approximate surface area is 89.1 Å². The minimum absolute atomic E-state index is 0.628. The van der Waals surface area contributed by atoms with Crippen molar-refractivity contribution in [1.29, 1.82) is 0 Å². The highest BCUT2D eigenvalue weighted by atomic mass is 15.1. The smallest absolute Gasteiger partial charge is 0.00901 e. The van der Waals surface area contributed by atoms with Crippen LogP contribution in [0, 0.1) is 0 Å². The monoisotopic (exact) mass is 198 g/mol. The fraction of sp³-hybridized carbons (Fsp3) is 1.00. The highest BCUT2D eigenvalue weighted by Gasteiger charge is 2.21. The van der Waals surface area contributed by atoms with Gasteiger partial charge in [-0.1, -0.05) is 20.8 Å². The van der Waals surface area contributed by atoms with Gasteiger partial charge in [0, 0.05) is 18.1 Å². The molecule has 0 saturated carbocycles. The molecule has 1 aliphatic heterocycles. The molecule has 14 heavy (non-hydrogen) atoms. The summed E-state index contributed by atoms with van der Waals surface area (Å²) in [6.45, 7) is 8.04. The van der Waals surface area contributed by atoms with E-state index in [0.29, 0.717) is 6.04 Å². The third kappa shape index (κ3) is 3.58. The van der Waals surface area contributed by atoms with Gasteiger partial charge in [0.15, 0.2) is 0 Å². The number of hydrogen-bond acceptors (Lipinski definition) is 2. The average molecular weight is 198 g/mol. The molecule has 0 aromatic rings. The van der Waals surface area contributed by atoms with Crippen molar-refractivity contribution >= 4 is 0 Å². The summed E-state index contributed by atoms with van der Waals surface area (Å²) in [6.07, 6.45) is 5.31. The second-order valence-corrected chi connectivity index (χ2v) is 4.93. The lowest BCUT2D eigenvalue weighted by Gasteiger charge is -2.23. The summed E-state index contributed by atoms with van der Waals surface area (Å²) in [5.74, 6) is 0. The average Bonchev–Trinajstić information content (AvgIpc) is 2.28. The maximum Gasteiger partial charge on any atom is 0.00901 e. The minimum atomic E-state index is 0.628. The first-order chi connectivity index (χ1) is 6.63. The van der Waals surface area contributed by atoms with E-state index in [1.165, 1.54) is 32.2 Å². The SMILES string of the molecule is CCC1CCC(NC(C)C)CCN1C. The van der Waals surface area contributed by atoms with E-state index in [-0.39, 0.29) is 0 Å². The van der Waals surface area contributed by atoms with Crippen molar-refractivity contribution in [3.8, 4) is 0 Å². The zero-order chi connectivity index (χ0) is 10.6. The summed E-state index contributed by atoms with van der Waals surface area (Å²) in [5, 5.41) is 3.66. The summed E-state index contributed by atoms with van der Waals surface area (Å²) in [5.41, 5.74) is 0. The lowest BCUT2D eigenvalue weighted by molar-refractivity contribution is 0.240. The number of nitrogens with one attached hydrogen (secondary N) is 1. The Hall–Kier alpha value is -0.0800. The molecule has 2 atom stereocenters. The van der Waals surface area contributed by atoms with E-state index >= 15 is 0 Å². The maximum absolute atomic E-state index is 3.66. The van der Waals surface area contributed by atoms with Crippen LogP contribution in [-0.2, 0) is 0 Å². The van der Waals surface area contributed by atoms with Gasteiger partial charge in [-0.3, -0.25) is 0 Å². The number of nitrogens with zero attached hydrogens (tertiary/aromatic N) is 1. The van der Waals surface area contributed by atoms with Crippen molar-refractivity contribution in [3.63, 3.8) is 0 Å². The third-order valence-electron chi connectivity index (χ3n) is 3.34. The van der Waals surface area contributed by atoms with Gasteiger partial charge in [0.05, 0.1) is 0 Å². The molecule has 1 fully saturated rings. The number of hydrogen-bond donors (Lipinski definition) is 1. The Bertz CT molecular complexity index is 156. The topological polar surface area (TPSA) is 15.3 Å². The molecule has 2 nitrogen and oxygen atoms in total. The Balaban J connectivity index is 2.39. The first-order valence-electron chi connectivity index (χ1n) is 6.09. The van der Waals surface area contributed by atoms with Gasteiger partial charge in [0.2, 0.25) is 0 Å². The van der Waals surface area contributed by atoms with E-state index in [1.54, 1.807) is 0 Å². The Morgan fingerprint density at radius 3 is 2.57 bits per heavy atom. The van der Waals surface area contributed by atoms with E-state index in [2.05, 4.69) is 38.0 Å². The molecule has 1 rings (SSSR count). The zero-order valence-electron chi connectivity index (χ0n) is 10.2. The molecule has 1 heterocycles. The number of likely N-dealkylation sites (tertiary alicyclic amines) is 1. The van der Waals surface area contributed by atoms with Crippen LogP contribution in [-0.4, -0.2) is 36.6 Å². The predicted molar refractivity (Wildman–Crippen MR) is 62.6 cm³/mol. The molecule has 0 spiro atoms. The first kappa shape index (κ1) is 12.0. The Kier molecular flexibility index (Phi) is 4.90. The van der Waals surface area contributed by atoms with E-state index in [9.17, 15) is 0 Å². The van der Waals surface area contributed by atoms with Crippen LogP contribution in [0.4, 0.5) is 0 Å². The van der Waals surface area contributed by atoms with E-state index in [1.807, 2.05) is 0 Å². The molecular formula is C12H26N2. The standard InChI is InChI=1S/C12H26N2/c1-5-12-7-6-11(13-10(2)3)8-9-14(12)4/h10-13H,5-9H2,1-4H3. The molecule has 0 aromatic carbocycles. The lowest BCUT2D eigenvalue weighted by atomic mass is 10.0. The molecule has 2 heteroatoms. The van der Waals surface area contributed by atoms with E-state index in [0.717, 1.165) is 12.1 Å².